The van der Waals surface area contributed by atoms with E-state index in [9.17, 15) is 23.6 Å². The van der Waals surface area contributed by atoms with Crippen molar-refractivity contribution in [1.29, 1.82) is 5.26 Å². The van der Waals surface area contributed by atoms with Crippen molar-refractivity contribution >= 4 is 34.8 Å². The van der Waals surface area contributed by atoms with E-state index in [2.05, 4.69) is 31.8 Å². The lowest BCUT2D eigenvalue weighted by Gasteiger charge is -2.23. The Labute approximate surface area is 264 Å². The molecule has 0 aliphatic carbocycles. The molecule has 5 aromatic rings. The number of hydrogen-bond donors (Lipinski definition) is 1. The molecule has 0 spiro atoms. The number of rotatable bonds is 4. The van der Waals surface area contributed by atoms with Gasteiger partial charge in [0.1, 0.15) is 6.07 Å². The Hall–Kier alpha value is -4.93. The van der Waals surface area contributed by atoms with Crippen LogP contribution >= 0.6 is 23.2 Å². The number of fused-ring (bicyclic) bond motifs is 4. The van der Waals surface area contributed by atoms with E-state index in [4.69, 9.17) is 23.2 Å². The van der Waals surface area contributed by atoms with Crippen molar-refractivity contribution in [3.05, 3.63) is 93.0 Å². The average Bonchev–Trinajstić information content (AvgIpc) is 3.65. The maximum absolute atomic E-state index is 14.0. The van der Waals surface area contributed by atoms with Gasteiger partial charge in [-0.25, -0.2) is 9.36 Å². The number of aromatic nitrogens is 7. The van der Waals surface area contributed by atoms with Gasteiger partial charge >= 0.3 is 6.55 Å². The lowest BCUT2D eigenvalue weighted by atomic mass is 9.96. The summed E-state index contributed by atoms with van der Waals surface area (Å²) in [5, 5.41) is 25.1. The normalized spacial score (nSPS) is 16.8. The molecule has 0 saturated heterocycles. The molecule has 0 unspecified atom stereocenters. The molecule has 45 heavy (non-hydrogen) atoms. The molecule has 0 fully saturated rings. The van der Waals surface area contributed by atoms with E-state index in [1.165, 1.54) is 46.2 Å². The summed E-state index contributed by atoms with van der Waals surface area (Å²) < 4.78 is 31.3. The van der Waals surface area contributed by atoms with Crippen LogP contribution in [0, 0.1) is 17.2 Å². The molecule has 1 aliphatic rings. The summed E-state index contributed by atoms with van der Waals surface area (Å²) in [4.78, 5) is 31.3. The molecule has 0 saturated carbocycles. The van der Waals surface area contributed by atoms with Crippen molar-refractivity contribution in [3.63, 3.8) is 0 Å². The highest BCUT2D eigenvalue weighted by Crippen LogP contribution is 2.36. The minimum Gasteiger partial charge on any atom is -0.323 e. The van der Waals surface area contributed by atoms with E-state index < -0.39 is 24.1 Å². The van der Waals surface area contributed by atoms with Crippen LogP contribution in [-0.4, -0.2) is 40.2 Å². The monoisotopic (exact) mass is 649 g/mol. The Kier molecular flexibility index (Phi) is 8.18. The second kappa shape index (κ2) is 12.2. The first kappa shape index (κ1) is 30.1. The van der Waals surface area contributed by atoms with Gasteiger partial charge in [0.05, 0.1) is 46.8 Å². The van der Waals surface area contributed by atoms with Gasteiger partial charge in [0.15, 0.2) is 5.15 Å². The molecule has 1 amide bonds. The fraction of sp³-hybridized carbons (Fsp3) is 0.233. The molecule has 2 atom stereocenters. The van der Waals surface area contributed by atoms with Crippen molar-refractivity contribution in [3.8, 4) is 34.1 Å². The largest absolute Gasteiger partial charge is 0.333 e. The van der Waals surface area contributed by atoms with E-state index >= 15 is 0 Å². The molecule has 1 N–H and O–H groups in total. The first-order chi connectivity index (χ1) is 21.6. The second-order valence-corrected chi connectivity index (χ2v) is 11.4. The van der Waals surface area contributed by atoms with Crippen molar-refractivity contribution in [1.82, 2.24) is 34.3 Å². The van der Waals surface area contributed by atoms with Crippen LogP contribution < -0.4 is 10.9 Å². The number of hydrogen-bond acceptors (Lipinski definition) is 7. The number of carbonyl (C=O) groups is 1. The quantitative estimate of drug-likeness (QED) is 0.242. The highest BCUT2D eigenvalue weighted by molar-refractivity contribution is 6.31. The van der Waals surface area contributed by atoms with Gasteiger partial charge in [0.25, 0.3) is 5.56 Å². The molecule has 1 aromatic carbocycles. The Morgan fingerprint density at radius 3 is 2.64 bits per heavy atom. The van der Waals surface area contributed by atoms with Crippen LogP contribution in [0.3, 0.4) is 0 Å². The van der Waals surface area contributed by atoms with Gasteiger partial charge in [-0.3, -0.25) is 14.6 Å². The van der Waals surface area contributed by atoms with Gasteiger partial charge in [-0.1, -0.05) is 41.8 Å². The number of halogens is 4. The lowest BCUT2D eigenvalue weighted by molar-refractivity contribution is -0.119. The van der Waals surface area contributed by atoms with Gasteiger partial charge in [-0.15, -0.1) is 5.10 Å². The summed E-state index contributed by atoms with van der Waals surface area (Å²) in [6.07, 6.45) is 6.92. The molecule has 11 nitrogen and oxygen atoms in total. The molecular weight excluding hydrogens is 627 g/mol. The van der Waals surface area contributed by atoms with Crippen LogP contribution in [0.1, 0.15) is 50.0 Å². The van der Waals surface area contributed by atoms with Crippen molar-refractivity contribution in [2.45, 2.75) is 38.8 Å². The molecule has 1 aliphatic heterocycles. The smallest absolute Gasteiger partial charge is 0.323 e. The van der Waals surface area contributed by atoms with Gasteiger partial charge in [0.2, 0.25) is 5.91 Å². The lowest BCUT2D eigenvalue weighted by Crippen LogP contribution is -2.27. The summed E-state index contributed by atoms with van der Waals surface area (Å²) >= 11 is 12.3. The van der Waals surface area contributed by atoms with Gasteiger partial charge in [0, 0.05) is 46.1 Å². The van der Waals surface area contributed by atoms with E-state index in [0.717, 1.165) is 0 Å². The number of alkyl halides is 2. The third-order valence-corrected chi connectivity index (χ3v) is 8.10. The van der Waals surface area contributed by atoms with Crippen molar-refractivity contribution < 1.29 is 13.6 Å². The van der Waals surface area contributed by atoms with Crippen LogP contribution in [0.2, 0.25) is 10.2 Å². The van der Waals surface area contributed by atoms with Crippen LogP contribution in [0.25, 0.3) is 28.1 Å². The number of nitriles is 1. The molecule has 0 radical (unpaired) electrons. The zero-order valence-electron chi connectivity index (χ0n) is 23.5. The Morgan fingerprint density at radius 1 is 1.09 bits per heavy atom. The molecule has 5 heterocycles. The maximum Gasteiger partial charge on any atom is 0.333 e. The molecule has 15 heteroatoms. The average molecular weight is 650 g/mol. The van der Waals surface area contributed by atoms with Crippen LogP contribution in [0.5, 0.6) is 0 Å². The Balaban J connectivity index is 1.51. The fourth-order valence-electron chi connectivity index (χ4n) is 5.49. The first-order valence-corrected chi connectivity index (χ1v) is 14.6. The van der Waals surface area contributed by atoms with Crippen LogP contribution in [0.4, 0.5) is 14.5 Å². The highest BCUT2D eigenvalue weighted by atomic mass is 35.5. The maximum atomic E-state index is 14.0. The predicted octanol–water partition coefficient (Wildman–Crippen LogP) is 6.28. The number of amides is 1. The highest BCUT2D eigenvalue weighted by Gasteiger charge is 2.27. The van der Waals surface area contributed by atoms with Gasteiger partial charge < -0.3 is 9.88 Å². The molecule has 228 valence electrons. The third-order valence-electron chi connectivity index (χ3n) is 7.69. The van der Waals surface area contributed by atoms with Crippen LogP contribution in [0.15, 0.2) is 66.0 Å². The van der Waals surface area contributed by atoms with E-state index in [-0.39, 0.29) is 28.0 Å². The SMILES string of the molecule is C[C@@H]1CCC[C@H](n2cc(C#N)c(-c3cc(Cl)ccc3-n3cc(Cl)nn3)cc2=O)c2cc(ccn2)-c2c(cnn2C(F)F)NC1=O. The van der Waals surface area contributed by atoms with Gasteiger partial charge in [-0.2, -0.15) is 19.1 Å². The molecule has 6 rings (SSSR count). The van der Waals surface area contributed by atoms with E-state index in [0.29, 0.717) is 57.0 Å². The standard InChI is InChI=1S/C30H23Cl2F2N9O2/c1-16-3-2-4-25(22-9-17(7-8-36-22)28-23(38-29(16)45)13-37-43(28)30(33)34)41-14-18(12-35)20(11-27(41)44)21-10-19(31)5-6-24(21)42-15-26(32)39-40-42/h5-11,13-16,25,30H,2-4H2,1H3,(H,38,45)/t16-,25+/m1/s1. The van der Waals surface area contributed by atoms with Crippen LogP contribution in [-0.2, 0) is 4.79 Å². The second-order valence-electron chi connectivity index (χ2n) is 10.5. The minimum atomic E-state index is -2.97. The summed E-state index contributed by atoms with van der Waals surface area (Å²) in [5.41, 5.74) is 1.87. The molecular formula is C30H23Cl2F2N9O2. The third kappa shape index (κ3) is 5.82. The summed E-state index contributed by atoms with van der Waals surface area (Å²) in [5.74, 6) is -0.796. The summed E-state index contributed by atoms with van der Waals surface area (Å²) in [7, 11) is 0. The molecule has 2 bridgehead atoms. The predicted molar refractivity (Wildman–Crippen MR) is 162 cm³/mol. The number of pyridine rings is 2. The summed E-state index contributed by atoms with van der Waals surface area (Å²) in [6, 6.07) is 10.9. The topological polar surface area (TPSA) is 136 Å². The summed E-state index contributed by atoms with van der Waals surface area (Å²) in [6.45, 7) is -1.23. The fourth-order valence-corrected chi connectivity index (χ4v) is 5.79. The minimum absolute atomic E-state index is 0.00984. The Morgan fingerprint density at radius 2 is 1.91 bits per heavy atom. The number of carbonyl (C=O) groups excluding carboxylic acids is 1. The number of anilines is 1. The van der Waals surface area contributed by atoms with E-state index in [1.807, 2.05) is 0 Å². The molecule has 4 aromatic heterocycles. The number of nitrogens with one attached hydrogen (secondary N) is 1. The zero-order valence-corrected chi connectivity index (χ0v) is 25.0. The van der Waals surface area contributed by atoms with Crippen molar-refractivity contribution in [2.75, 3.05) is 5.32 Å². The van der Waals surface area contributed by atoms with Gasteiger partial charge in [-0.05, 0) is 43.2 Å². The first-order valence-electron chi connectivity index (χ1n) is 13.8. The zero-order chi connectivity index (χ0) is 31.8. The van der Waals surface area contributed by atoms with Crippen molar-refractivity contribution in [2.24, 2.45) is 5.92 Å². The number of benzene rings is 1. The Bertz CT molecular complexity index is 2030. The van der Waals surface area contributed by atoms with E-state index in [1.54, 1.807) is 31.2 Å². The number of nitrogens with zero attached hydrogens (tertiary/aromatic N) is 8.